The Bertz CT molecular complexity index is 169. The molecule has 0 aromatic carbocycles. The maximum absolute atomic E-state index is 12.8. The minimum atomic E-state index is -3.54. The molecule has 0 aromatic heterocycles. The molecule has 0 fully saturated rings. The number of alkyl halides is 2. The Morgan fingerprint density at radius 2 is 2.00 bits per heavy atom. The molecule has 78 valence electrons. The third kappa shape index (κ3) is 4.77. The van der Waals surface area contributed by atoms with Crippen LogP contribution in [0, 0.1) is 0 Å². The first-order valence-electron chi connectivity index (χ1n) is 4.06. The summed E-state index contributed by atoms with van der Waals surface area (Å²) in [5.74, 6) is -5.07. The highest BCUT2D eigenvalue weighted by molar-refractivity contribution is 5.77. The molecule has 0 bridgehead atoms. The second-order valence-corrected chi connectivity index (χ2v) is 2.78. The molecular formula is C8H14F2O3. The van der Waals surface area contributed by atoms with Crippen LogP contribution in [-0.4, -0.2) is 31.2 Å². The van der Waals surface area contributed by atoms with Crippen LogP contribution in [0.1, 0.15) is 20.8 Å². The average molecular weight is 196 g/mol. The Morgan fingerprint density at radius 1 is 1.46 bits per heavy atom. The van der Waals surface area contributed by atoms with Crippen molar-refractivity contribution < 1.29 is 23.0 Å². The number of hydrogen-bond donors (Lipinski definition) is 0. The average Bonchev–Trinajstić information content (AvgIpc) is 2.01. The van der Waals surface area contributed by atoms with Crippen molar-refractivity contribution in [2.45, 2.75) is 32.8 Å². The van der Waals surface area contributed by atoms with Crippen LogP contribution in [0.25, 0.3) is 0 Å². The Hall–Kier alpha value is -0.710. The third-order valence-corrected chi connectivity index (χ3v) is 1.17. The minimum absolute atomic E-state index is 0.0594. The maximum Gasteiger partial charge on any atom is 0.379 e. The van der Waals surface area contributed by atoms with E-state index in [4.69, 9.17) is 0 Å². The Labute approximate surface area is 76.0 Å². The second-order valence-electron chi connectivity index (χ2n) is 2.78. The van der Waals surface area contributed by atoms with Crippen LogP contribution in [-0.2, 0) is 14.3 Å². The zero-order valence-corrected chi connectivity index (χ0v) is 7.97. The van der Waals surface area contributed by atoms with Crippen molar-refractivity contribution in [1.82, 2.24) is 0 Å². The van der Waals surface area contributed by atoms with Crippen LogP contribution in [0.2, 0.25) is 0 Å². The molecule has 0 aromatic rings. The van der Waals surface area contributed by atoms with Gasteiger partial charge in [0.05, 0.1) is 12.7 Å². The predicted octanol–water partition coefficient (Wildman–Crippen LogP) is 1.61. The fourth-order valence-corrected chi connectivity index (χ4v) is 0.567. The molecule has 0 aliphatic rings. The van der Waals surface area contributed by atoms with Crippen LogP contribution in [0.15, 0.2) is 0 Å². The molecule has 0 saturated heterocycles. The predicted molar refractivity (Wildman–Crippen MR) is 42.7 cm³/mol. The van der Waals surface area contributed by atoms with E-state index in [-0.39, 0.29) is 12.7 Å². The summed E-state index contributed by atoms with van der Waals surface area (Å²) in [6, 6.07) is 0. The molecule has 0 heterocycles. The van der Waals surface area contributed by atoms with Crippen molar-refractivity contribution in [2.75, 3.05) is 13.2 Å². The Balaban J connectivity index is 3.98. The molecule has 0 aliphatic carbocycles. The highest BCUT2D eigenvalue weighted by Gasteiger charge is 2.41. The van der Waals surface area contributed by atoms with Gasteiger partial charge < -0.3 is 9.47 Å². The van der Waals surface area contributed by atoms with Crippen molar-refractivity contribution in [3.8, 4) is 0 Å². The van der Waals surface area contributed by atoms with Crippen LogP contribution < -0.4 is 0 Å². The first-order chi connectivity index (χ1) is 5.90. The summed E-state index contributed by atoms with van der Waals surface area (Å²) >= 11 is 0. The summed E-state index contributed by atoms with van der Waals surface area (Å²) in [7, 11) is 0. The molecule has 0 rings (SSSR count). The zero-order valence-electron chi connectivity index (χ0n) is 7.97. The van der Waals surface area contributed by atoms with Gasteiger partial charge in [-0.15, -0.1) is 0 Å². The van der Waals surface area contributed by atoms with E-state index in [9.17, 15) is 13.6 Å². The molecule has 3 nitrogen and oxygen atoms in total. The van der Waals surface area contributed by atoms with Gasteiger partial charge in [-0.25, -0.2) is 4.79 Å². The van der Waals surface area contributed by atoms with Gasteiger partial charge >= 0.3 is 11.9 Å². The van der Waals surface area contributed by atoms with Gasteiger partial charge in [-0.1, -0.05) is 0 Å². The summed E-state index contributed by atoms with van der Waals surface area (Å²) in [5.41, 5.74) is 0. The molecule has 0 unspecified atom stereocenters. The van der Waals surface area contributed by atoms with Gasteiger partial charge in [0.25, 0.3) is 0 Å². The molecule has 0 atom stereocenters. The fourth-order valence-electron chi connectivity index (χ4n) is 0.567. The first kappa shape index (κ1) is 12.3. The molecule has 0 N–H and O–H groups in total. The maximum atomic E-state index is 12.8. The van der Waals surface area contributed by atoms with E-state index in [1.54, 1.807) is 13.8 Å². The van der Waals surface area contributed by atoms with E-state index in [2.05, 4.69) is 9.47 Å². The van der Waals surface area contributed by atoms with Crippen LogP contribution in [0.5, 0.6) is 0 Å². The SMILES string of the molecule is CCOC(=O)C(F)(F)COC(C)C. The highest BCUT2D eigenvalue weighted by atomic mass is 19.3. The van der Waals surface area contributed by atoms with Crippen molar-refractivity contribution >= 4 is 5.97 Å². The van der Waals surface area contributed by atoms with Crippen molar-refractivity contribution in [2.24, 2.45) is 0 Å². The van der Waals surface area contributed by atoms with E-state index in [1.165, 1.54) is 6.92 Å². The summed E-state index contributed by atoms with van der Waals surface area (Å²) in [5, 5.41) is 0. The normalized spacial score (nSPS) is 11.8. The van der Waals surface area contributed by atoms with E-state index >= 15 is 0 Å². The molecule has 0 radical (unpaired) electrons. The molecule has 0 amide bonds. The highest BCUT2D eigenvalue weighted by Crippen LogP contribution is 2.16. The van der Waals surface area contributed by atoms with Crippen LogP contribution >= 0.6 is 0 Å². The molecule has 0 saturated carbocycles. The van der Waals surface area contributed by atoms with Crippen LogP contribution in [0.3, 0.4) is 0 Å². The van der Waals surface area contributed by atoms with Crippen molar-refractivity contribution in [3.05, 3.63) is 0 Å². The standard InChI is InChI=1S/C8H14F2O3/c1-4-12-7(11)8(9,10)5-13-6(2)3/h6H,4-5H2,1-3H3. The number of halogens is 2. The Morgan fingerprint density at radius 3 is 2.38 bits per heavy atom. The lowest BCUT2D eigenvalue weighted by Gasteiger charge is -2.16. The number of carbonyl (C=O) groups excluding carboxylic acids is 1. The number of hydrogen-bond acceptors (Lipinski definition) is 3. The lowest BCUT2D eigenvalue weighted by atomic mass is 10.3. The minimum Gasteiger partial charge on any atom is -0.461 e. The Kier molecular flexibility index (Phi) is 4.83. The van der Waals surface area contributed by atoms with Gasteiger partial charge in [0.15, 0.2) is 0 Å². The summed E-state index contributed by atoms with van der Waals surface area (Å²) in [6.45, 7) is 3.71. The van der Waals surface area contributed by atoms with Gasteiger partial charge in [-0.05, 0) is 20.8 Å². The smallest absolute Gasteiger partial charge is 0.379 e. The first-order valence-corrected chi connectivity index (χ1v) is 4.06. The second kappa shape index (κ2) is 5.11. The van der Waals surface area contributed by atoms with Gasteiger partial charge in [0.1, 0.15) is 6.61 Å². The van der Waals surface area contributed by atoms with Crippen molar-refractivity contribution in [3.63, 3.8) is 0 Å². The van der Waals surface area contributed by atoms with E-state index < -0.39 is 18.5 Å². The third-order valence-electron chi connectivity index (χ3n) is 1.17. The molecule has 13 heavy (non-hydrogen) atoms. The molecular weight excluding hydrogens is 182 g/mol. The largest absolute Gasteiger partial charge is 0.461 e. The number of rotatable bonds is 5. The molecule has 0 aliphatic heterocycles. The number of esters is 1. The molecule has 5 heteroatoms. The zero-order chi connectivity index (χ0) is 10.5. The number of ether oxygens (including phenoxy) is 2. The van der Waals surface area contributed by atoms with Crippen LogP contribution in [0.4, 0.5) is 8.78 Å². The van der Waals surface area contributed by atoms with Gasteiger partial charge in [0, 0.05) is 0 Å². The van der Waals surface area contributed by atoms with Gasteiger partial charge in [-0.2, -0.15) is 8.78 Å². The fraction of sp³-hybridized carbons (Fsp3) is 0.875. The monoisotopic (exact) mass is 196 g/mol. The topological polar surface area (TPSA) is 35.5 Å². The van der Waals surface area contributed by atoms with E-state index in [0.29, 0.717) is 0 Å². The lowest BCUT2D eigenvalue weighted by Crippen LogP contribution is -2.36. The van der Waals surface area contributed by atoms with E-state index in [1.807, 2.05) is 0 Å². The van der Waals surface area contributed by atoms with Gasteiger partial charge in [-0.3, -0.25) is 0 Å². The summed E-state index contributed by atoms with van der Waals surface area (Å²) in [6.07, 6.45) is -0.333. The number of carbonyl (C=O) groups is 1. The quantitative estimate of drug-likeness (QED) is 0.626. The summed E-state index contributed by atoms with van der Waals surface area (Å²) in [4.78, 5) is 10.6. The summed E-state index contributed by atoms with van der Waals surface area (Å²) < 4.78 is 34.3. The van der Waals surface area contributed by atoms with E-state index in [0.717, 1.165) is 0 Å². The van der Waals surface area contributed by atoms with Crippen molar-refractivity contribution in [1.29, 1.82) is 0 Å². The molecule has 0 spiro atoms. The van der Waals surface area contributed by atoms with Gasteiger partial charge in [0.2, 0.25) is 0 Å². The lowest BCUT2D eigenvalue weighted by molar-refractivity contribution is -0.181.